The van der Waals surface area contributed by atoms with E-state index in [1.165, 1.54) is 15.9 Å². The number of primary amides is 1. The third-order valence-electron chi connectivity index (χ3n) is 4.63. The number of anilines is 1. The maximum atomic E-state index is 13.0. The lowest BCUT2D eigenvalue weighted by molar-refractivity contribution is -0.118. The molecule has 8 heteroatoms. The molecule has 146 valence electrons. The summed E-state index contributed by atoms with van der Waals surface area (Å²) in [6.07, 6.45) is 0.593. The minimum atomic E-state index is -0.477. The Labute approximate surface area is 166 Å². The van der Waals surface area contributed by atoms with E-state index in [1.54, 1.807) is 6.92 Å². The number of nitrogens with one attached hydrogen (secondary N) is 1. The zero-order valence-electron chi connectivity index (χ0n) is 16.0. The number of nitrogens with zero attached hydrogens (tertiary/aromatic N) is 2. The van der Waals surface area contributed by atoms with Crippen LogP contribution in [-0.4, -0.2) is 21.4 Å². The number of amides is 2. The molecule has 28 heavy (non-hydrogen) atoms. The van der Waals surface area contributed by atoms with E-state index in [4.69, 9.17) is 5.73 Å². The highest BCUT2D eigenvalue weighted by Crippen LogP contribution is 2.28. The first-order chi connectivity index (χ1) is 13.3. The molecule has 0 aliphatic carbocycles. The molecule has 3 rings (SSSR count). The Bertz CT molecular complexity index is 1130. The molecule has 7 nitrogen and oxygen atoms in total. The lowest BCUT2D eigenvalue weighted by Gasteiger charge is -2.10. The SMILES string of the molecule is CCc1nc2sc(C(=O)Nc3ccccc3C)c(C)c2c(=O)n1CCC(N)=O. The Morgan fingerprint density at radius 2 is 1.96 bits per heavy atom. The van der Waals surface area contributed by atoms with Crippen molar-refractivity contribution in [1.82, 2.24) is 9.55 Å². The molecule has 0 saturated heterocycles. The molecule has 0 radical (unpaired) electrons. The first-order valence-electron chi connectivity index (χ1n) is 9.01. The van der Waals surface area contributed by atoms with Crippen LogP contribution in [0.3, 0.4) is 0 Å². The van der Waals surface area contributed by atoms with Gasteiger partial charge in [-0.05, 0) is 31.0 Å². The number of para-hydroxylation sites is 1. The summed E-state index contributed by atoms with van der Waals surface area (Å²) in [6, 6.07) is 7.51. The summed E-state index contributed by atoms with van der Waals surface area (Å²) in [7, 11) is 0. The minimum Gasteiger partial charge on any atom is -0.370 e. The van der Waals surface area contributed by atoms with Crippen molar-refractivity contribution in [1.29, 1.82) is 0 Å². The van der Waals surface area contributed by atoms with Crippen LogP contribution in [0.15, 0.2) is 29.1 Å². The molecule has 1 aromatic carbocycles. The first-order valence-corrected chi connectivity index (χ1v) is 9.83. The van der Waals surface area contributed by atoms with Gasteiger partial charge in [0.1, 0.15) is 10.7 Å². The Balaban J connectivity index is 2.06. The van der Waals surface area contributed by atoms with Gasteiger partial charge in [-0.1, -0.05) is 25.1 Å². The van der Waals surface area contributed by atoms with Gasteiger partial charge in [-0.15, -0.1) is 11.3 Å². The van der Waals surface area contributed by atoms with Crippen molar-refractivity contribution in [3.8, 4) is 0 Å². The van der Waals surface area contributed by atoms with Gasteiger partial charge in [0.2, 0.25) is 5.91 Å². The van der Waals surface area contributed by atoms with Gasteiger partial charge >= 0.3 is 0 Å². The summed E-state index contributed by atoms with van der Waals surface area (Å²) in [4.78, 5) is 42.6. The Kier molecular flexibility index (Phi) is 5.60. The van der Waals surface area contributed by atoms with Gasteiger partial charge in [-0.25, -0.2) is 4.98 Å². The number of hydrogen-bond donors (Lipinski definition) is 2. The third-order valence-corrected chi connectivity index (χ3v) is 5.81. The fourth-order valence-electron chi connectivity index (χ4n) is 3.09. The highest BCUT2D eigenvalue weighted by Gasteiger charge is 2.21. The number of carbonyl (C=O) groups is 2. The molecule has 0 fully saturated rings. The molecule has 2 heterocycles. The number of fused-ring (bicyclic) bond motifs is 1. The topological polar surface area (TPSA) is 107 Å². The fourth-order valence-corrected chi connectivity index (χ4v) is 4.18. The largest absolute Gasteiger partial charge is 0.370 e. The Hall–Kier alpha value is -3.00. The first kappa shape index (κ1) is 19.8. The van der Waals surface area contributed by atoms with E-state index >= 15 is 0 Å². The Morgan fingerprint density at radius 3 is 2.61 bits per heavy atom. The van der Waals surface area contributed by atoms with E-state index in [0.29, 0.717) is 32.9 Å². The molecule has 0 aliphatic rings. The molecule has 2 amide bonds. The predicted molar refractivity (Wildman–Crippen MR) is 111 cm³/mol. The number of carbonyl (C=O) groups excluding carboxylic acids is 2. The second-order valence-corrected chi connectivity index (χ2v) is 7.56. The lowest BCUT2D eigenvalue weighted by Crippen LogP contribution is -2.27. The van der Waals surface area contributed by atoms with Crippen molar-refractivity contribution in [2.75, 3.05) is 5.32 Å². The van der Waals surface area contributed by atoms with Crippen LogP contribution in [-0.2, 0) is 17.8 Å². The molecular weight excluding hydrogens is 376 g/mol. The highest BCUT2D eigenvalue weighted by atomic mass is 32.1. The molecule has 0 aliphatic heterocycles. The minimum absolute atomic E-state index is 0.0594. The molecule has 0 unspecified atom stereocenters. The van der Waals surface area contributed by atoms with Crippen LogP contribution in [0.5, 0.6) is 0 Å². The van der Waals surface area contributed by atoms with Crippen LogP contribution < -0.4 is 16.6 Å². The molecule has 3 aromatic rings. The third kappa shape index (κ3) is 3.68. The molecular formula is C20H22N4O3S. The van der Waals surface area contributed by atoms with Crippen molar-refractivity contribution in [3.63, 3.8) is 0 Å². The lowest BCUT2D eigenvalue weighted by atomic mass is 10.1. The smallest absolute Gasteiger partial charge is 0.266 e. The summed E-state index contributed by atoms with van der Waals surface area (Å²) < 4.78 is 1.48. The van der Waals surface area contributed by atoms with Crippen LogP contribution in [0.25, 0.3) is 10.2 Å². The summed E-state index contributed by atoms with van der Waals surface area (Å²) in [5.41, 5.74) is 7.26. The van der Waals surface area contributed by atoms with E-state index in [-0.39, 0.29) is 24.4 Å². The number of benzene rings is 1. The van der Waals surface area contributed by atoms with Crippen LogP contribution in [0.2, 0.25) is 0 Å². The van der Waals surface area contributed by atoms with Crippen molar-refractivity contribution >= 4 is 39.1 Å². The second-order valence-electron chi connectivity index (χ2n) is 6.56. The highest BCUT2D eigenvalue weighted by molar-refractivity contribution is 7.20. The number of nitrogens with two attached hydrogens (primary N) is 1. The zero-order chi connectivity index (χ0) is 20.4. The van der Waals surface area contributed by atoms with Crippen LogP contribution >= 0.6 is 11.3 Å². The van der Waals surface area contributed by atoms with Gasteiger partial charge in [0.25, 0.3) is 11.5 Å². The van der Waals surface area contributed by atoms with Gasteiger partial charge in [0, 0.05) is 25.1 Å². The average Bonchev–Trinajstić information content (AvgIpc) is 2.99. The average molecular weight is 398 g/mol. The molecule has 0 saturated carbocycles. The number of thiophene rings is 1. The van der Waals surface area contributed by atoms with Crippen molar-refractivity contribution in [2.45, 2.75) is 40.2 Å². The van der Waals surface area contributed by atoms with E-state index in [0.717, 1.165) is 11.3 Å². The van der Waals surface area contributed by atoms with Crippen LogP contribution in [0.1, 0.15) is 40.0 Å². The van der Waals surface area contributed by atoms with E-state index in [2.05, 4.69) is 10.3 Å². The monoisotopic (exact) mass is 398 g/mol. The maximum absolute atomic E-state index is 13.0. The number of hydrogen-bond acceptors (Lipinski definition) is 5. The zero-order valence-corrected chi connectivity index (χ0v) is 16.9. The summed E-state index contributed by atoms with van der Waals surface area (Å²) in [6.45, 7) is 5.74. The number of aromatic nitrogens is 2. The van der Waals surface area contributed by atoms with E-state index in [1.807, 2.05) is 38.1 Å². The van der Waals surface area contributed by atoms with Gasteiger partial charge < -0.3 is 11.1 Å². The maximum Gasteiger partial charge on any atom is 0.266 e. The van der Waals surface area contributed by atoms with Gasteiger partial charge in [-0.3, -0.25) is 19.0 Å². The molecule has 0 bridgehead atoms. The van der Waals surface area contributed by atoms with Crippen LogP contribution in [0.4, 0.5) is 5.69 Å². The summed E-state index contributed by atoms with van der Waals surface area (Å²) in [5.74, 6) is -0.170. The molecule has 3 N–H and O–H groups in total. The predicted octanol–water partition coefficient (Wildman–Crippen LogP) is 2.76. The summed E-state index contributed by atoms with van der Waals surface area (Å²) >= 11 is 1.21. The number of aryl methyl sites for hydroxylation is 3. The quantitative estimate of drug-likeness (QED) is 0.666. The van der Waals surface area contributed by atoms with Crippen molar-refractivity contribution in [3.05, 3.63) is 56.4 Å². The Morgan fingerprint density at radius 1 is 1.25 bits per heavy atom. The molecule has 2 aromatic heterocycles. The van der Waals surface area contributed by atoms with E-state index in [9.17, 15) is 14.4 Å². The van der Waals surface area contributed by atoms with Gasteiger partial charge in [0.15, 0.2) is 0 Å². The number of rotatable bonds is 6. The van der Waals surface area contributed by atoms with Gasteiger partial charge in [0.05, 0.1) is 10.3 Å². The van der Waals surface area contributed by atoms with E-state index < -0.39 is 5.91 Å². The second kappa shape index (κ2) is 7.93. The van der Waals surface area contributed by atoms with Gasteiger partial charge in [-0.2, -0.15) is 0 Å². The molecule has 0 atom stereocenters. The van der Waals surface area contributed by atoms with Crippen LogP contribution in [0, 0.1) is 13.8 Å². The molecule has 0 spiro atoms. The normalized spacial score (nSPS) is 11.0. The fraction of sp³-hybridized carbons (Fsp3) is 0.300. The summed E-state index contributed by atoms with van der Waals surface area (Å²) in [5, 5.41) is 3.32. The van der Waals surface area contributed by atoms with Crippen molar-refractivity contribution in [2.24, 2.45) is 5.73 Å². The van der Waals surface area contributed by atoms with Crippen molar-refractivity contribution < 1.29 is 9.59 Å². The standard InChI is InChI=1S/C20H22N4O3S/c1-4-15-23-19-16(20(27)24(15)10-9-14(21)25)12(3)17(28-19)18(26)22-13-8-6-5-7-11(13)2/h5-8H,4,9-10H2,1-3H3,(H2,21,25)(H,22,26).